The molecule has 1 aromatic carbocycles. The van der Waals surface area contributed by atoms with Gasteiger partial charge in [0.15, 0.2) is 5.78 Å². The molecule has 0 N–H and O–H groups in total. The van der Waals surface area contributed by atoms with Gasteiger partial charge in [-0.1, -0.05) is 13.0 Å². The van der Waals surface area contributed by atoms with Gasteiger partial charge in [0.05, 0.1) is 12.7 Å². The molecule has 2 rings (SSSR count). The molecule has 0 aliphatic carbocycles. The molecule has 1 saturated heterocycles. The molecule has 104 valence electrons. The van der Waals surface area contributed by atoms with Crippen molar-refractivity contribution in [3.05, 3.63) is 28.8 Å². The van der Waals surface area contributed by atoms with Crippen molar-refractivity contribution in [3.8, 4) is 5.75 Å². The maximum atomic E-state index is 12.7. The van der Waals surface area contributed by atoms with Crippen molar-refractivity contribution in [2.75, 3.05) is 20.3 Å². The average Bonchev–Trinajstić information content (AvgIpc) is 2.41. The van der Waals surface area contributed by atoms with Crippen LogP contribution >= 0.6 is 0 Å². The minimum absolute atomic E-state index is 0.0461. The second kappa shape index (κ2) is 5.74. The number of hydrogen-bond acceptors (Lipinski definition) is 3. The van der Waals surface area contributed by atoms with Gasteiger partial charge in [-0.3, -0.25) is 4.79 Å². The first kappa shape index (κ1) is 14.1. The first-order valence-corrected chi connectivity index (χ1v) is 6.82. The topological polar surface area (TPSA) is 35.5 Å². The van der Waals surface area contributed by atoms with E-state index in [1.165, 1.54) is 0 Å². The van der Waals surface area contributed by atoms with Gasteiger partial charge in [0.1, 0.15) is 5.75 Å². The van der Waals surface area contributed by atoms with Gasteiger partial charge in [0.25, 0.3) is 0 Å². The Hall–Kier alpha value is -1.35. The molecule has 0 aromatic heterocycles. The number of ketones is 1. The minimum atomic E-state index is 0.0461. The van der Waals surface area contributed by atoms with Gasteiger partial charge in [-0.25, -0.2) is 0 Å². The molecular formula is C16H22O3. The minimum Gasteiger partial charge on any atom is -0.496 e. The number of carbonyl (C=O) groups is 1. The number of benzene rings is 1. The van der Waals surface area contributed by atoms with E-state index in [2.05, 4.69) is 6.92 Å². The van der Waals surface area contributed by atoms with E-state index in [9.17, 15) is 4.79 Å². The van der Waals surface area contributed by atoms with Gasteiger partial charge in [0.2, 0.25) is 0 Å². The van der Waals surface area contributed by atoms with Gasteiger partial charge in [-0.15, -0.1) is 0 Å². The van der Waals surface area contributed by atoms with Gasteiger partial charge in [-0.05, 0) is 43.4 Å². The van der Waals surface area contributed by atoms with E-state index in [1.807, 2.05) is 26.0 Å². The van der Waals surface area contributed by atoms with Crippen molar-refractivity contribution in [2.45, 2.75) is 27.2 Å². The monoisotopic (exact) mass is 262 g/mol. The fourth-order valence-corrected chi connectivity index (χ4v) is 2.72. The molecule has 1 fully saturated rings. The van der Waals surface area contributed by atoms with Gasteiger partial charge in [-0.2, -0.15) is 0 Å². The van der Waals surface area contributed by atoms with Crippen LogP contribution in [0.25, 0.3) is 0 Å². The van der Waals surface area contributed by atoms with Crippen molar-refractivity contribution < 1.29 is 14.3 Å². The van der Waals surface area contributed by atoms with Crippen LogP contribution in [0.1, 0.15) is 34.8 Å². The number of ether oxygens (including phenoxy) is 2. The highest BCUT2D eigenvalue weighted by Gasteiger charge is 2.31. The van der Waals surface area contributed by atoms with Gasteiger partial charge < -0.3 is 9.47 Å². The molecule has 1 aliphatic heterocycles. The molecule has 1 aromatic rings. The molecule has 3 nitrogen and oxygen atoms in total. The summed E-state index contributed by atoms with van der Waals surface area (Å²) in [6, 6.07) is 3.89. The predicted molar refractivity (Wildman–Crippen MR) is 74.9 cm³/mol. The Kier molecular flexibility index (Phi) is 4.25. The first-order valence-electron chi connectivity index (χ1n) is 6.82. The molecule has 2 atom stereocenters. The highest BCUT2D eigenvalue weighted by atomic mass is 16.5. The lowest BCUT2D eigenvalue weighted by Gasteiger charge is -2.28. The molecule has 0 spiro atoms. The largest absolute Gasteiger partial charge is 0.496 e. The van der Waals surface area contributed by atoms with Crippen molar-refractivity contribution >= 4 is 5.78 Å². The van der Waals surface area contributed by atoms with E-state index in [4.69, 9.17) is 9.47 Å². The standard InChI is InChI=1S/C16H22O3/c1-10-5-6-14(16(18-4)12(10)3)15(17)13-7-8-19-9-11(13)2/h5-6,11,13H,7-9H2,1-4H3. The summed E-state index contributed by atoms with van der Waals surface area (Å²) in [4.78, 5) is 12.7. The first-order chi connectivity index (χ1) is 9.06. The van der Waals surface area contributed by atoms with Crippen LogP contribution in [0.3, 0.4) is 0 Å². The molecule has 1 heterocycles. The van der Waals surface area contributed by atoms with Gasteiger partial charge in [0, 0.05) is 19.1 Å². The fourth-order valence-electron chi connectivity index (χ4n) is 2.72. The van der Waals surface area contributed by atoms with Crippen LogP contribution < -0.4 is 4.74 Å². The highest BCUT2D eigenvalue weighted by Crippen LogP contribution is 2.32. The maximum Gasteiger partial charge on any atom is 0.170 e. The van der Waals surface area contributed by atoms with E-state index < -0.39 is 0 Å². The lowest BCUT2D eigenvalue weighted by molar-refractivity contribution is 0.0240. The second-order valence-electron chi connectivity index (χ2n) is 5.40. The number of aryl methyl sites for hydroxylation is 1. The third-order valence-electron chi connectivity index (χ3n) is 4.12. The van der Waals surface area contributed by atoms with Crippen LogP contribution in [0.5, 0.6) is 5.75 Å². The Bertz CT molecular complexity index is 479. The number of rotatable bonds is 3. The van der Waals surface area contributed by atoms with Crippen molar-refractivity contribution in [1.29, 1.82) is 0 Å². The van der Waals surface area contributed by atoms with Crippen LogP contribution in [0.4, 0.5) is 0 Å². The molecule has 2 unspecified atom stereocenters. The maximum absolute atomic E-state index is 12.7. The molecule has 1 aliphatic rings. The van der Waals surface area contributed by atoms with Crippen LogP contribution in [-0.4, -0.2) is 26.1 Å². The van der Waals surface area contributed by atoms with Gasteiger partial charge >= 0.3 is 0 Å². The Labute approximate surface area is 114 Å². The van der Waals surface area contributed by atoms with E-state index >= 15 is 0 Å². The summed E-state index contributed by atoms with van der Waals surface area (Å²) in [6.07, 6.45) is 0.802. The second-order valence-corrected chi connectivity index (χ2v) is 5.40. The third kappa shape index (κ3) is 2.66. The quantitative estimate of drug-likeness (QED) is 0.785. The summed E-state index contributed by atoms with van der Waals surface area (Å²) in [7, 11) is 1.63. The lowest BCUT2D eigenvalue weighted by atomic mass is 9.82. The predicted octanol–water partition coefficient (Wildman–Crippen LogP) is 3.17. The number of Topliss-reactive ketones (excluding diaryl/α,β-unsaturated/α-hetero) is 1. The Morgan fingerprint density at radius 1 is 1.37 bits per heavy atom. The Morgan fingerprint density at radius 3 is 2.74 bits per heavy atom. The van der Waals surface area contributed by atoms with Crippen LogP contribution in [0.15, 0.2) is 12.1 Å². The summed E-state index contributed by atoms with van der Waals surface area (Å²) >= 11 is 0. The Morgan fingerprint density at radius 2 is 2.11 bits per heavy atom. The van der Waals surface area contributed by atoms with E-state index in [1.54, 1.807) is 7.11 Å². The van der Waals surface area contributed by atoms with Crippen molar-refractivity contribution in [3.63, 3.8) is 0 Å². The summed E-state index contributed by atoms with van der Waals surface area (Å²) in [5, 5.41) is 0. The van der Waals surface area contributed by atoms with E-state index in [0.29, 0.717) is 18.8 Å². The summed E-state index contributed by atoms with van der Waals surface area (Å²) in [6.45, 7) is 7.45. The average molecular weight is 262 g/mol. The number of carbonyl (C=O) groups excluding carboxylic acids is 1. The normalized spacial score (nSPS) is 23.2. The Balaban J connectivity index is 2.35. The zero-order valence-corrected chi connectivity index (χ0v) is 12.2. The van der Waals surface area contributed by atoms with E-state index in [0.717, 1.165) is 23.3 Å². The summed E-state index contributed by atoms with van der Waals surface area (Å²) in [5.41, 5.74) is 2.91. The van der Waals surface area contributed by atoms with Crippen LogP contribution in [0.2, 0.25) is 0 Å². The number of methoxy groups -OCH3 is 1. The van der Waals surface area contributed by atoms with Crippen molar-refractivity contribution in [1.82, 2.24) is 0 Å². The fraction of sp³-hybridized carbons (Fsp3) is 0.562. The van der Waals surface area contributed by atoms with Crippen molar-refractivity contribution in [2.24, 2.45) is 11.8 Å². The zero-order chi connectivity index (χ0) is 14.0. The summed E-state index contributed by atoms with van der Waals surface area (Å²) in [5.74, 6) is 1.23. The molecule has 0 radical (unpaired) electrons. The smallest absolute Gasteiger partial charge is 0.170 e. The van der Waals surface area contributed by atoms with Crippen LogP contribution in [0, 0.1) is 25.7 Å². The summed E-state index contributed by atoms with van der Waals surface area (Å²) < 4.78 is 10.9. The SMILES string of the molecule is COc1c(C(=O)C2CCOCC2C)ccc(C)c1C. The lowest BCUT2D eigenvalue weighted by Crippen LogP contribution is -2.31. The van der Waals surface area contributed by atoms with Crippen LogP contribution in [-0.2, 0) is 4.74 Å². The number of hydrogen-bond donors (Lipinski definition) is 0. The zero-order valence-electron chi connectivity index (χ0n) is 12.2. The molecule has 19 heavy (non-hydrogen) atoms. The molecular weight excluding hydrogens is 240 g/mol. The molecule has 0 amide bonds. The molecule has 0 saturated carbocycles. The molecule has 0 bridgehead atoms. The third-order valence-corrected chi connectivity index (χ3v) is 4.12. The molecule has 3 heteroatoms. The highest BCUT2D eigenvalue weighted by molar-refractivity contribution is 6.01. The van der Waals surface area contributed by atoms with E-state index in [-0.39, 0.29) is 17.6 Å².